The molecule has 0 bridgehead atoms. The van der Waals surface area contributed by atoms with Crippen LogP contribution in [0.2, 0.25) is 5.02 Å². The van der Waals surface area contributed by atoms with Crippen molar-refractivity contribution in [3.8, 4) is 5.69 Å². The van der Waals surface area contributed by atoms with Gasteiger partial charge in [0.15, 0.2) is 0 Å². The SMILES string of the molecule is COC(=O)c1cc(Cl)ccc1-n1c2ccccc2c2c3oc4ccccc4c3ccc21. The van der Waals surface area contributed by atoms with Gasteiger partial charge in [0.1, 0.15) is 11.2 Å². The van der Waals surface area contributed by atoms with Gasteiger partial charge in [0.25, 0.3) is 0 Å². The van der Waals surface area contributed by atoms with Gasteiger partial charge in [-0.05, 0) is 42.5 Å². The number of nitrogens with zero attached hydrogens (tertiary/aromatic N) is 1. The summed E-state index contributed by atoms with van der Waals surface area (Å²) in [7, 11) is 1.37. The van der Waals surface area contributed by atoms with E-state index in [0.717, 1.165) is 43.7 Å². The van der Waals surface area contributed by atoms with Crippen LogP contribution in [-0.2, 0) is 4.74 Å². The molecule has 0 spiro atoms. The lowest BCUT2D eigenvalue weighted by Crippen LogP contribution is -2.07. The lowest BCUT2D eigenvalue weighted by Gasteiger charge is -2.12. The topological polar surface area (TPSA) is 44.4 Å². The Bertz CT molecular complexity index is 1660. The Morgan fingerprint density at radius 3 is 2.48 bits per heavy atom. The molecule has 6 aromatic rings. The quantitative estimate of drug-likeness (QED) is 0.277. The molecule has 6 rings (SSSR count). The third-order valence-electron chi connectivity index (χ3n) is 5.78. The first kappa shape index (κ1) is 18.0. The molecule has 4 aromatic carbocycles. The van der Waals surface area contributed by atoms with Crippen molar-refractivity contribution in [2.75, 3.05) is 7.11 Å². The number of carbonyl (C=O) groups excluding carboxylic acids is 1. The maximum absolute atomic E-state index is 12.6. The Labute approximate surface area is 182 Å². The van der Waals surface area contributed by atoms with Gasteiger partial charge in [0.05, 0.1) is 34.8 Å². The van der Waals surface area contributed by atoms with Crippen LogP contribution in [0.4, 0.5) is 0 Å². The number of ether oxygens (including phenoxy) is 1. The van der Waals surface area contributed by atoms with Crippen LogP contribution in [0.1, 0.15) is 10.4 Å². The predicted molar refractivity (Wildman–Crippen MR) is 124 cm³/mol. The zero-order chi connectivity index (χ0) is 21.1. The van der Waals surface area contributed by atoms with Crippen LogP contribution >= 0.6 is 11.6 Å². The number of rotatable bonds is 2. The lowest BCUT2D eigenvalue weighted by atomic mass is 10.1. The van der Waals surface area contributed by atoms with Crippen LogP contribution in [0.3, 0.4) is 0 Å². The number of hydrogen-bond acceptors (Lipinski definition) is 3. The Balaban J connectivity index is 1.82. The van der Waals surface area contributed by atoms with Gasteiger partial charge in [0.2, 0.25) is 0 Å². The molecule has 0 fully saturated rings. The maximum atomic E-state index is 12.6. The Morgan fingerprint density at radius 1 is 0.871 bits per heavy atom. The highest BCUT2D eigenvalue weighted by Gasteiger charge is 2.21. The highest BCUT2D eigenvalue weighted by atomic mass is 35.5. The highest BCUT2D eigenvalue weighted by Crippen LogP contribution is 2.41. The first-order valence-corrected chi connectivity index (χ1v) is 10.3. The molecule has 0 saturated heterocycles. The molecule has 2 heterocycles. The van der Waals surface area contributed by atoms with Crippen LogP contribution in [0.15, 0.2) is 83.3 Å². The minimum atomic E-state index is -0.437. The molecule has 0 radical (unpaired) electrons. The Kier molecular flexibility index (Phi) is 3.86. The summed E-state index contributed by atoms with van der Waals surface area (Å²) < 4.78 is 13.4. The summed E-state index contributed by atoms with van der Waals surface area (Å²) in [5, 5.41) is 4.68. The minimum Gasteiger partial charge on any atom is -0.465 e. The van der Waals surface area contributed by atoms with E-state index in [9.17, 15) is 4.79 Å². The third kappa shape index (κ3) is 2.52. The number of fused-ring (bicyclic) bond motifs is 7. The number of halogens is 1. The van der Waals surface area contributed by atoms with Crippen LogP contribution in [0.25, 0.3) is 49.4 Å². The second-order valence-electron chi connectivity index (χ2n) is 7.44. The van der Waals surface area contributed by atoms with Crippen molar-refractivity contribution in [1.29, 1.82) is 0 Å². The van der Waals surface area contributed by atoms with Gasteiger partial charge in [-0.1, -0.05) is 48.0 Å². The van der Waals surface area contributed by atoms with Crippen molar-refractivity contribution >= 4 is 61.3 Å². The monoisotopic (exact) mass is 425 g/mol. The van der Waals surface area contributed by atoms with E-state index in [4.69, 9.17) is 20.8 Å². The molecule has 31 heavy (non-hydrogen) atoms. The fraction of sp³-hybridized carbons (Fsp3) is 0.0385. The van der Waals surface area contributed by atoms with E-state index in [0.29, 0.717) is 16.3 Å². The summed E-state index contributed by atoms with van der Waals surface area (Å²) in [6.45, 7) is 0. The Morgan fingerprint density at radius 2 is 1.65 bits per heavy atom. The molecular formula is C26H16ClNO3. The number of methoxy groups -OCH3 is 1. The summed E-state index contributed by atoms with van der Waals surface area (Å²) in [6.07, 6.45) is 0. The molecule has 0 aliphatic rings. The smallest absolute Gasteiger partial charge is 0.340 e. The number of hydrogen-bond donors (Lipinski definition) is 0. The van der Waals surface area contributed by atoms with Gasteiger partial charge >= 0.3 is 5.97 Å². The normalized spacial score (nSPS) is 11.7. The van der Waals surface area contributed by atoms with Crippen molar-refractivity contribution in [3.63, 3.8) is 0 Å². The average Bonchev–Trinajstić information content (AvgIpc) is 3.34. The van der Waals surface area contributed by atoms with Gasteiger partial charge in [-0.2, -0.15) is 0 Å². The first-order chi connectivity index (χ1) is 15.2. The van der Waals surface area contributed by atoms with E-state index >= 15 is 0 Å². The number of para-hydroxylation sites is 2. The van der Waals surface area contributed by atoms with Gasteiger partial charge in [-0.3, -0.25) is 0 Å². The Hall–Kier alpha value is -3.76. The van der Waals surface area contributed by atoms with Crippen LogP contribution in [0.5, 0.6) is 0 Å². The van der Waals surface area contributed by atoms with Gasteiger partial charge in [-0.25, -0.2) is 4.79 Å². The van der Waals surface area contributed by atoms with Crippen molar-refractivity contribution in [2.45, 2.75) is 0 Å². The van der Waals surface area contributed by atoms with Crippen molar-refractivity contribution in [1.82, 2.24) is 4.57 Å². The molecule has 150 valence electrons. The van der Waals surface area contributed by atoms with E-state index in [1.807, 2.05) is 42.5 Å². The van der Waals surface area contributed by atoms with Crippen molar-refractivity contribution in [2.24, 2.45) is 0 Å². The van der Waals surface area contributed by atoms with E-state index in [1.165, 1.54) is 7.11 Å². The average molecular weight is 426 g/mol. The maximum Gasteiger partial charge on any atom is 0.340 e. The minimum absolute atomic E-state index is 0.405. The summed E-state index contributed by atoms with van der Waals surface area (Å²) in [5.41, 5.74) is 4.71. The van der Waals surface area contributed by atoms with E-state index in [2.05, 4.69) is 28.8 Å². The molecule has 0 atom stereocenters. The molecule has 0 aliphatic carbocycles. The van der Waals surface area contributed by atoms with Crippen molar-refractivity contribution in [3.05, 3.63) is 89.4 Å². The highest BCUT2D eigenvalue weighted by molar-refractivity contribution is 6.31. The van der Waals surface area contributed by atoms with Crippen LogP contribution < -0.4 is 0 Å². The standard InChI is InChI=1S/C26H16ClNO3/c1-30-26(29)19-14-15(27)10-12-21(19)28-20-8-4-2-7-18(20)24-22(28)13-11-17-16-6-3-5-9-23(16)31-25(17)24/h2-14H,1H3. The van der Waals surface area contributed by atoms with Gasteiger partial charge < -0.3 is 13.7 Å². The fourth-order valence-electron chi connectivity index (χ4n) is 4.47. The van der Waals surface area contributed by atoms with Gasteiger partial charge in [0, 0.05) is 21.2 Å². The lowest BCUT2D eigenvalue weighted by molar-refractivity contribution is 0.0601. The van der Waals surface area contributed by atoms with Crippen LogP contribution in [0, 0.1) is 0 Å². The number of carbonyl (C=O) groups is 1. The second kappa shape index (κ2) is 6.62. The zero-order valence-corrected chi connectivity index (χ0v) is 17.3. The third-order valence-corrected chi connectivity index (χ3v) is 6.02. The van der Waals surface area contributed by atoms with Crippen molar-refractivity contribution < 1.29 is 13.9 Å². The predicted octanol–water partition coefficient (Wildman–Crippen LogP) is 7.12. The fourth-order valence-corrected chi connectivity index (χ4v) is 4.64. The molecule has 0 saturated carbocycles. The largest absolute Gasteiger partial charge is 0.465 e. The number of benzene rings is 4. The summed E-state index contributed by atoms with van der Waals surface area (Å²) in [4.78, 5) is 12.6. The molecule has 5 heteroatoms. The van der Waals surface area contributed by atoms with E-state index in [-0.39, 0.29) is 0 Å². The number of esters is 1. The molecule has 2 aromatic heterocycles. The summed E-state index contributed by atoms with van der Waals surface area (Å²) in [6, 6.07) is 25.6. The van der Waals surface area contributed by atoms with Crippen LogP contribution in [-0.4, -0.2) is 17.6 Å². The van der Waals surface area contributed by atoms with E-state index in [1.54, 1.807) is 12.1 Å². The molecule has 0 aliphatic heterocycles. The molecule has 4 nitrogen and oxygen atoms in total. The zero-order valence-electron chi connectivity index (χ0n) is 16.6. The summed E-state index contributed by atoms with van der Waals surface area (Å²) >= 11 is 6.21. The van der Waals surface area contributed by atoms with E-state index < -0.39 is 5.97 Å². The molecule has 0 N–H and O–H groups in total. The molecular weight excluding hydrogens is 410 g/mol. The summed E-state index contributed by atoms with van der Waals surface area (Å²) in [5.74, 6) is -0.437. The van der Waals surface area contributed by atoms with Gasteiger partial charge in [-0.15, -0.1) is 0 Å². The molecule has 0 amide bonds. The second-order valence-corrected chi connectivity index (χ2v) is 7.88. The number of aromatic nitrogens is 1. The first-order valence-electron chi connectivity index (χ1n) is 9.89. The molecule has 0 unspecified atom stereocenters. The number of furan rings is 1.